The number of halogens is 1. The lowest BCUT2D eigenvalue weighted by atomic mass is 9.90. The number of methoxy groups -OCH3 is 1. The molecule has 0 spiro atoms. The minimum Gasteiger partial charge on any atom is -0.372 e. The molecule has 1 aromatic carbocycles. The summed E-state index contributed by atoms with van der Waals surface area (Å²) in [7, 11) is 1.67. The van der Waals surface area contributed by atoms with Crippen molar-refractivity contribution < 1.29 is 9.53 Å². The molecule has 0 saturated carbocycles. The Bertz CT molecular complexity index is 593. The smallest absolute Gasteiger partial charge is 0.261 e. The number of nitrogens with one attached hydrogen (secondary N) is 1. The van der Waals surface area contributed by atoms with Crippen molar-refractivity contribution in [1.29, 1.82) is 0 Å². The van der Waals surface area contributed by atoms with Crippen molar-refractivity contribution in [2.45, 2.75) is 18.9 Å². The zero-order valence-electron chi connectivity index (χ0n) is 12.1. The van der Waals surface area contributed by atoms with Gasteiger partial charge in [-0.15, -0.1) is 11.3 Å². The minimum absolute atomic E-state index is 0.127. The van der Waals surface area contributed by atoms with Gasteiger partial charge in [0.25, 0.3) is 5.91 Å². The van der Waals surface area contributed by atoms with Crippen molar-refractivity contribution >= 4 is 28.8 Å². The van der Waals surface area contributed by atoms with Crippen molar-refractivity contribution in [3.05, 3.63) is 57.2 Å². The van der Waals surface area contributed by atoms with E-state index in [-0.39, 0.29) is 5.91 Å². The summed E-state index contributed by atoms with van der Waals surface area (Å²) in [5.74, 6) is -0.127. The summed E-state index contributed by atoms with van der Waals surface area (Å²) < 4.78 is 6.34. The average molecular weight is 324 g/mol. The van der Waals surface area contributed by atoms with Crippen LogP contribution in [-0.2, 0) is 10.3 Å². The Morgan fingerprint density at radius 3 is 2.52 bits per heavy atom. The average Bonchev–Trinajstić information content (AvgIpc) is 2.96. The Balaban J connectivity index is 2.12. The van der Waals surface area contributed by atoms with Crippen LogP contribution in [0.3, 0.4) is 0 Å². The second kappa shape index (κ2) is 7.07. The molecule has 1 N–H and O–H groups in total. The van der Waals surface area contributed by atoms with Gasteiger partial charge in [-0.3, -0.25) is 4.79 Å². The van der Waals surface area contributed by atoms with Gasteiger partial charge in [-0.25, -0.2) is 0 Å². The van der Waals surface area contributed by atoms with Crippen molar-refractivity contribution in [3.63, 3.8) is 0 Å². The molecule has 2 aromatic rings. The van der Waals surface area contributed by atoms with Crippen LogP contribution in [0.1, 0.15) is 28.6 Å². The first-order chi connectivity index (χ1) is 10.1. The van der Waals surface area contributed by atoms with Gasteiger partial charge in [0, 0.05) is 7.11 Å². The number of hydrogen-bond donors (Lipinski definition) is 1. The van der Waals surface area contributed by atoms with E-state index >= 15 is 0 Å². The van der Waals surface area contributed by atoms with Gasteiger partial charge in [0.2, 0.25) is 0 Å². The van der Waals surface area contributed by atoms with Crippen molar-refractivity contribution in [2.75, 3.05) is 13.7 Å². The highest BCUT2D eigenvalue weighted by atomic mass is 35.5. The molecule has 21 heavy (non-hydrogen) atoms. The van der Waals surface area contributed by atoms with E-state index in [0.29, 0.717) is 15.8 Å². The van der Waals surface area contributed by atoms with E-state index in [1.165, 1.54) is 11.3 Å². The Morgan fingerprint density at radius 2 is 2.00 bits per heavy atom. The summed E-state index contributed by atoms with van der Waals surface area (Å²) in [6.07, 6.45) is 0.763. The molecule has 0 aliphatic carbocycles. The van der Waals surface area contributed by atoms with Crippen LogP contribution in [0.15, 0.2) is 42.5 Å². The Morgan fingerprint density at radius 1 is 1.29 bits per heavy atom. The molecule has 0 aliphatic heterocycles. The first-order valence-electron chi connectivity index (χ1n) is 6.75. The topological polar surface area (TPSA) is 38.3 Å². The molecule has 0 aliphatic rings. The summed E-state index contributed by atoms with van der Waals surface area (Å²) in [5, 5.41) is 2.94. The van der Waals surface area contributed by atoms with Crippen LogP contribution in [0.5, 0.6) is 0 Å². The standard InChI is InChI=1S/C16H18ClNO2S/c1-3-16(20-2,12-7-5-4-6-8-12)11-18-15(19)13-9-10-14(17)21-13/h4-10H,3,11H2,1-2H3,(H,18,19). The van der Waals surface area contributed by atoms with Crippen LogP contribution in [0.25, 0.3) is 0 Å². The van der Waals surface area contributed by atoms with Gasteiger partial charge in [-0.1, -0.05) is 48.9 Å². The monoisotopic (exact) mass is 323 g/mol. The van der Waals surface area contributed by atoms with Crippen molar-refractivity contribution in [3.8, 4) is 0 Å². The fourth-order valence-corrected chi connectivity index (χ4v) is 3.21. The van der Waals surface area contributed by atoms with Gasteiger partial charge in [-0.05, 0) is 24.1 Å². The lowest BCUT2D eigenvalue weighted by molar-refractivity contribution is -0.0164. The zero-order chi connectivity index (χ0) is 15.3. The van der Waals surface area contributed by atoms with Gasteiger partial charge < -0.3 is 10.1 Å². The highest BCUT2D eigenvalue weighted by Crippen LogP contribution is 2.28. The highest BCUT2D eigenvalue weighted by molar-refractivity contribution is 7.17. The van der Waals surface area contributed by atoms with Crippen LogP contribution >= 0.6 is 22.9 Å². The second-order valence-electron chi connectivity index (χ2n) is 4.70. The third kappa shape index (κ3) is 3.64. The van der Waals surface area contributed by atoms with Crippen LogP contribution in [0, 0.1) is 0 Å². The van der Waals surface area contributed by atoms with Crippen molar-refractivity contribution in [2.24, 2.45) is 0 Å². The number of amides is 1. The quantitative estimate of drug-likeness (QED) is 0.869. The lowest BCUT2D eigenvalue weighted by Gasteiger charge is -2.32. The molecule has 0 fully saturated rings. The predicted octanol–water partition coefficient (Wildman–Crippen LogP) is 4.08. The summed E-state index contributed by atoms with van der Waals surface area (Å²) in [5.41, 5.74) is 0.539. The first-order valence-corrected chi connectivity index (χ1v) is 7.95. The molecule has 112 valence electrons. The minimum atomic E-state index is -0.516. The highest BCUT2D eigenvalue weighted by Gasteiger charge is 2.30. The summed E-state index contributed by atoms with van der Waals surface area (Å²) >= 11 is 7.13. The van der Waals surface area contributed by atoms with E-state index in [4.69, 9.17) is 16.3 Å². The number of thiophene rings is 1. The van der Waals surface area contributed by atoms with Gasteiger partial charge in [0.15, 0.2) is 0 Å². The maximum atomic E-state index is 12.2. The third-order valence-corrected chi connectivity index (χ3v) is 4.82. The van der Waals surface area contributed by atoms with Crippen LogP contribution in [-0.4, -0.2) is 19.6 Å². The molecule has 3 nitrogen and oxygen atoms in total. The Hall–Kier alpha value is -1.36. The summed E-state index contributed by atoms with van der Waals surface area (Å²) in [4.78, 5) is 12.8. The van der Waals surface area contributed by atoms with Crippen molar-refractivity contribution in [1.82, 2.24) is 5.32 Å². The number of benzene rings is 1. The van der Waals surface area contributed by atoms with E-state index in [1.54, 1.807) is 19.2 Å². The van der Waals surface area contributed by atoms with Crippen LogP contribution in [0.4, 0.5) is 0 Å². The summed E-state index contributed by atoms with van der Waals surface area (Å²) in [6, 6.07) is 13.4. The molecule has 2 rings (SSSR count). The SMILES string of the molecule is CCC(CNC(=O)c1ccc(Cl)s1)(OC)c1ccccc1. The molecule has 0 radical (unpaired) electrons. The van der Waals surface area contributed by atoms with Gasteiger partial charge in [0.05, 0.1) is 15.8 Å². The second-order valence-corrected chi connectivity index (χ2v) is 6.42. The molecule has 5 heteroatoms. The van der Waals surface area contributed by atoms with Crippen LogP contribution < -0.4 is 5.32 Å². The molecular formula is C16H18ClNO2S. The van der Waals surface area contributed by atoms with E-state index in [1.807, 2.05) is 37.3 Å². The fraction of sp³-hybridized carbons (Fsp3) is 0.312. The normalized spacial score (nSPS) is 13.7. The fourth-order valence-electron chi connectivity index (χ4n) is 2.25. The molecule has 1 amide bonds. The summed E-state index contributed by atoms with van der Waals surface area (Å²) in [6.45, 7) is 2.46. The maximum Gasteiger partial charge on any atom is 0.261 e. The molecule has 1 atom stereocenters. The largest absolute Gasteiger partial charge is 0.372 e. The molecule has 0 bridgehead atoms. The molecule has 1 aromatic heterocycles. The van der Waals surface area contributed by atoms with E-state index in [0.717, 1.165) is 12.0 Å². The Kier molecular flexibility index (Phi) is 5.39. The van der Waals surface area contributed by atoms with Gasteiger partial charge in [0.1, 0.15) is 5.60 Å². The zero-order valence-corrected chi connectivity index (χ0v) is 13.6. The predicted molar refractivity (Wildman–Crippen MR) is 87.1 cm³/mol. The lowest BCUT2D eigenvalue weighted by Crippen LogP contribution is -2.41. The number of carbonyl (C=O) groups is 1. The first kappa shape index (κ1) is 16.0. The number of rotatable bonds is 6. The number of carbonyl (C=O) groups excluding carboxylic acids is 1. The molecular weight excluding hydrogens is 306 g/mol. The van der Waals surface area contributed by atoms with E-state index in [9.17, 15) is 4.79 Å². The van der Waals surface area contributed by atoms with E-state index < -0.39 is 5.60 Å². The number of hydrogen-bond acceptors (Lipinski definition) is 3. The van der Waals surface area contributed by atoms with Gasteiger partial charge >= 0.3 is 0 Å². The maximum absolute atomic E-state index is 12.2. The third-order valence-electron chi connectivity index (χ3n) is 3.59. The molecule has 1 heterocycles. The molecule has 1 unspecified atom stereocenters. The van der Waals surface area contributed by atoms with E-state index in [2.05, 4.69) is 5.32 Å². The molecule has 0 saturated heterocycles. The van der Waals surface area contributed by atoms with Crippen LogP contribution in [0.2, 0.25) is 4.34 Å². The number of ether oxygens (including phenoxy) is 1. The Labute approximate surface area is 133 Å². The van der Waals surface area contributed by atoms with Gasteiger partial charge in [-0.2, -0.15) is 0 Å².